The second-order valence-electron chi connectivity index (χ2n) is 4.52. The van der Waals surface area contributed by atoms with E-state index in [4.69, 9.17) is 11.6 Å². The molecule has 1 aliphatic rings. The Morgan fingerprint density at radius 3 is 3.06 bits per heavy atom. The fourth-order valence-corrected chi connectivity index (χ4v) is 2.65. The Morgan fingerprint density at radius 1 is 1.61 bits per heavy atom. The van der Waals surface area contributed by atoms with Crippen molar-refractivity contribution in [3.05, 3.63) is 22.8 Å². The highest BCUT2D eigenvalue weighted by Gasteiger charge is 2.28. The van der Waals surface area contributed by atoms with Gasteiger partial charge in [0.2, 0.25) is 0 Å². The largest absolute Gasteiger partial charge is 0.373 e. The van der Waals surface area contributed by atoms with Gasteiger partial charge in [-0.15, -0.1) is 0 Å². The molecule has 4 nitrogen and oxygen atoms in total. The Bertz CT molecular complexity index is 450. The number of nitrogens with zero attached hydrogens (tertiary/aromatic N) is 2. The van der Waals surface area contributed by atoms with Gasteiger partial charge in [0, 0.05) is 25.2 Å². The van der Waals surface area contributed by atoms with Crippen LogP contribution in [-0.4, -0.2) is 35.4 Å². The summed E-state index contributed by atoms with van der Waals surface area (Å²) in [6.07, 6.45) is 3.19. The van der Waals surface area contributed by atoms with Gasteiger partial charge in [-0.05, 0) is 31.4 Å². The van der Waals surface area contributed by atoms with Crippen LogP contribution >= 0.6 is 11.6 Å². The van der Waals surface area contributed by atoms with Crippen LogP contribution in [0.25, 0.3) is 0 Å². The molecule has 1 amide bonds. The molecule has 0 bridgehead atoms. The molecular formula is C13H18ClN3O. The molecule has 0 radical (unpaired) electrons. The average molecular weight is 268 g/mol. The van der Waals surface area contributed by atoms with Crippen molar-refractivity contribution in [1.82, 2.24) is 9.88 Å². The summed E-state index contributed by atoms with van der Waals surface area (Å²) in [5.41, 5.74) is 0.611. The molecule has 1 aromatic heterocycles. The number of carbonyl (C=O) groups excluding carboxylic acids is 1. The lowest BCUT2D eigenvalue weighted by atomic mass is 10.1. The molecule has 0 saturated carbocycles. The molecule has 98 valence electrons. The summed E-state index contributed by atoms with van der Waals surface area (Å²) >= 11 is 5.93. The first-order chi connectivity index (χ1) is 8.65. The minimum Gasteiger partial charge on any atom is -0.373 e. The Balaban J connectivity index is 2.25. The van der Waals surface area contributed by atoms with E-state index < -0.39 is 0 Å². The number of halogens is 1. The first-order valence-electron chi connectivity index (χ1n) is 6.32. The quantitative estimate of drug-likeness (QED) is 0.857. The number of hydrogen-bond donors (Lipinski definition) is 1. The number of carbonyl (C=O) groups is 1. The summed E-state index contributed by atoms with van der Waals surface area (Å²) in [7, 11) is 1.76. The zero-order valence-electron chi connectivity index (χ0n) is 10.7. The van der Waals surface area contributed by atoms with Crippen LogP contribution in [0.2, 0.25) is 5.15 Å². The Labute approximate surface area is 112 Å². The van der Waals surface area contributed by atoms with Crippen molar-refractivity contribution in [2.24, 2.45) is 0 Å². The molecule has 1 aromatic rings. The molecule has 2 rings (SSSR count). The highest BCUT2D eigenvalue weighted by molar-refractivity contribution is 6.29. The van der Waals surface area contributed by atoms with Crippen molar-refractivity contribution in [3.8, 4) is 0 Å². The highest BCUT2D eigenvalue weighted by Crippen LogP contribution is 2.24. The second-order valence-corrected chi connectivity index (χ2v) is 4.90. The van der Waals surface area contributed by atoms with Crippen LogP contribution in [0.4, 0.5) is 5.82 Å². The minimum absolute atomic E-state index is 0.0557. The molecule has 1 unspecified atom stereocenters. The fourth-order valence-electron chi connectivity index (χ4n) is 2.44. The number of anilines is 1. The smallest absolute Gasteiger partial charge is 0.254 e. The lowest BCUT2D eigenvalue weighted by Crippen LogP contribution is -2.35. The molecule has 5 heteroatoms. The van der Waals surface area contributed by atoms with Gasteiger partial charge in [-0.2, -0.15) is 0 Å². The molecule has 1 atom stereocenters. The zero-order valence-corrected chi connectivity index (χ0v) is 11.5. The van der Waals surface area contributed by atoms with Crippen molar-refractivity contribution in [3.63, 3.8) is 0 Å². The first kappa shape index (κ1) is 13.1. The normalized spacial score (nSPS) is 19.1. The number of rotatable bonds is 3. The minimum atomic E-state index is 0.0557. The number of nitrogens with one attached hydrogen (secondary N) is 1. The Hall–Kier alpha value is -1.29. The van der Waals surface area contributed by atoms with Crippen molar-refractivity contribution in [2.45, 2.75) is 32.2 Å². The molecule has 0 spiro atoms. The molecule has 0 aromatic carbocycles. The van der Waals surface area contributed by atoms with Crippen molar-refractivity contribution in [2.75, 3.05) is 18.9 Å². The van der Waals surface area contributed by atoms with Crippen LogP contribution in [0.5, 0.6) is 0 Å². The molecule has 1 N–H and O–H groups in total. The predicted molar refractivity (Wildman–Crippen MR) is 73.1 cm³/mol. The lowest BCUT2D eigenvalue weighted by molar-refractivity contribution is 0.0733. The second kappa shape index (κ2) is 5.57. The summed E-state index contributed by atoms with van der Waals surface area (Å²) < 4.78 is 0. The molecular weight excluding hydrogens is 250 g/mol. The fraction of sp³-hybridized carbons (Fsp3) is 0.538. The average Bonchev–Trinajstić information content (AvgIpc) is 2.85. The van der Waals surface area contributed by atoms with Gasteiger partial charge in [0.05, 0.1) is 0 Å². The van der Waals surface area contributed by atoms with E-state index in [1.54, 1.807) is 19.2 Å². The predicted octanol–water partition coefficient (Wildman–Crippen LogP) is 2.79. The van der Waals surface area contributed by atoms with E-state index in [1.807, 2.05) is 4.90 Å². The third-order valence-electron chi connectivity index (χ3n) is 3.41. The van der Waals surface area contributed by atoms with Gasteiger partial charge in [-0.3, -0.25) is 4.79 Å². The maximum atomic E-state index is 12.4. The van der Waals surface area contributed by atoms with Crippen molar-refractivity contribution in [1.29, 1.82) is 0 Å². The van der Waals surface area contributed by atoms with Gasteiger partial charge < -0.3 is 10.2 Å². The molecule has 1 saturated heterocycles. The number of likely N-dealkylation sites (tertiary alicyclic amines) is 1. The van der Waals surface area contributed by atoms with E-state index in [-0.39, 0.29) is 5.91 Å². The number of aromatic nitrogens is 1. The summed E-state index contributed by atoms with van der Waals surface area (Å²) in [4.78, 5) is 18.5. The van der Waals surface area contributed by atoms with Crippen molar-refractivity contribution >= 4 is 23.3 Å². The standard InChI is InChI=1S/C13H18ClN3O/c1-3-10-5-4-6-17(10)13(18)9-7-11(14)16-12(8-9)15-2/h7-8,10H,3-6H2,1-2H3,(H,15,16). The molecule has 2 heterocycles. The summed E-state index contributed by atoms with van der Waals surface area (Å²) in [5.74, 6) is 0.679. The zero-order chi connectivity index (χ0) is 13.1. The Morgan fingerprint density at radius 2 is 2.39 bits per heavy atom. The topological polar surface area (TPSA) is 45.2 Å². The summed E-state index contributed by atoms with van der Waals surface area (Å²) in [5, 5.41) is 3.26. The van der Waals surface area contributed by atoms with Crippen LogP contribution in [0.1, 0.15) is 36.5 Å². The third-order valence-corrected chi connectivity index (χ3v) is 3.60. The number of amides is 1. The van der Waals surface area contributed by atoms with Gasteiger partial charge in [-0.1, -0.05) is 18.5 Å². The van der Waals surface area contributed by atoms with Gasteiger partial charge in [0.1, 0.15) is 11.0 Å². The van der Waals surface area contributed by atoms with Crippen LogP contribution in [0.15, 0.2) is 12.1 Å². The van der Waals surface area contributed by atoms with Gasteiger partial charge in [-0.25, -0.2) is 4.98 Å². The van der Waals surface area contributed by atoms with E-state index in [0.29, 0.717) is 22.6 Å². The maximum Gasteiger partial charge on any atom is 0.254 e. The van der Waals surface area contributed by atoms with Gasteiger partial charge in [0.25, 0.3) is 5.91 Å². The van der Waals surface area contributed by atoms with Gasteiger partial charge in [0.15, 0.2) is 0 Å². The van der Waals surface area contributed by atoms with Crippen LogP contribution < -0.4 is 5.32 Å². The lowest BCUT2D eigenvalue weighted by Gasteiger charge is -2.23. The van der Waals surface area contributed by atoms with E-state index >= 15 is 0 Å². The van der Waals surface area contributed by atoms with Crippen LogP contribution in [0.3, 0.4) is 0 Å². The third kappa shape index (κ3) is 2.58. The van der Waals surface area contributed by atoms with Crippen LogP contribution in [-0.2, 0) is 0 Å². The first-order valence-corrected chi connectivity index (χ1v) is 6.69. The van der Waals surface area contributed by atoms with E-state index in [0.717, 1.165) is 25.8 Å². The maximum absolute atomic E-state index is 12.4. The molecule has 1 fully saturated rings. The molecule has 1 aliphatic heterocycles. The summed E-state index contributed by atoms with van der Waals surface area (Å²) in [6.45, 7) is 2.96. The van der Waals surface area contributed by atoms with E-state index in [2.05, 4.69) is 17.2 Å². The summed E-state index contributed by atoms with van der Waals surface area (Å²) in [6, 6.07) is 3.75. The molecule has 18 heavy (non-hydrogen) atoms. The Kier molecular flexibility index (Phi) is 4.07. The molecule has 0 aliphatic carbocycles. The highest BCUT2D eigenvalue weighted by atomic mass is 35.5. The van der Waals surface area contributed by atoms with E-state index in [9.17, 15) is 4.79 Å². The monoisotopic (exact) mass is 267 g/mol. The number of hydrogen-bond acceptors (Lipinski definition) is 3. The van der Waals surface area contributed by atoms with Crippen LogP contribution in [0, 0.1) is 0 Å². The van der Waals surface area contributed by atoms with Crippen molar-refractivity contribution < 1.29 is 4.79 Å². The van der Waals surface area contributed by atoms with Gasteiger partial charge >= 0.3 is 0 Å². The SMILES string of the molecule is CCC1CCCN1C(=O)c1cc(Cl)nc(NC)c1. The van der Waals surface area contributed by atoms with E-state index in [1.165, 1.54) is 0 Å². The number of pyridine rings is 1.